The van der Waals surface area contributed by atoms with Crippen molar-refractivity contribution in [2.45, 2.75) is 0 Å². The van der Waals surface area contributed by atoms with Gasteiger partial charge in [0, 0.05) is 18.0 Å². The van der Waals surface area contributed by atoms with Gasteiger partial charge in [-0.05, 0) is 58.7 Å². The van der Waals surface area contributed by atoms with Crippen LogP contribution in [0, 0.1) is 35.0 Å². The molecule has 0 spiro atoms. The lowest BCUT2D eigenvalue weighted by molar-refractivity contribution is 1.32. The third-order valence-corrected chi connectivity index (χ3v) is 4.15. The van der Waals surface area contributed by atoms with E-state index in [2.05, 4.69) is 23.0 Å². The standard InChI is InChI=1S/C25H15N3/c1-2-19-7-9-22(10-8-19)24(17-26)15-20-3-5-21(6-4-20)16-25(18-27)23-11-13-28-14-12-23/h1,3-16H/b24-15+,25-16+. The number of hydrogen-bond acceptors (Lipinski definition) is 3. The Morgan fingerprint density at radius 3 is 1.61 bits per heavy atom. The summed E-state index contributed by atoms with van der Waals surface area (Å²) in [4.78, 5) is 3.97. The molecule has 130 valence electrons. The Hall–Kier alpha value is -4.39. The van der Waals surface area contributed by atoms with Crippen molar-refractivity contribution < 1.29 is 0 Å². The summed E-state index contributed by atoms with van der Waals surface area (Å²) in [6, 6.07) is 23.0. The fourth-order valence-electron chi connectivity index (χ4n) is 2.66. The normalized spacial score (nSPS) is 11.2. The molecule has 1 heterocycles. The van der Waals surface area contributed by atoms with Gasteiger partial charge in [-0.1, -0.05) is 42.3 Å². The monoisotopic (exact) mass is 357 g/mol. The molecule has 3 aromatic rings. The lowest BCUT2D eigenvalue weighted by Gasteiger charge is -2.02. The molecular weight excluding hydrogens is 342 g/mol. The minimum Gasteiger partial charge on any atom is -0.265 e. The van der Waals surface area contributed by atoms with Crippen molar-refractivity contribution in [3.63, 3.8) is 0 Å². The summed E-state index contributed by atoms with van der Waals surface area (Å²) >= 11 is 0. The van der Waals surface area contributed by atoms with E-state index >= 15 is 0 Å². The van der Waals surface area contributed by atoms with E-state index in [1.54, 1.807) is 24.5 Å². The number of pyridine rings is 1. The molecule has 0 unspecified atom stereocenters. The number of nitrogens with zero attached hydrogens (tertiary/aromatic N) is 3. The smallest absolute Gasteiger partial charge is 0.0998 e. The number of rotatable bonds is 4. The highest BCUT2D eigenvalue weighted by atomic mass is 14.6. The van der Waals surface area contributed by atoms with Crippen LogP contribution in [0.25, 0.3) is 23.3 Å². The summed E-state index contributed by atoms with van der Waals surface area (Å²) < 4.78 is 0. The minimum atomic E-state index is 0.557. The van der Waals surface area contributed by atoms with Gasteiger partial charge in [-0.2, -0.15) is 10.5 Å². The van der Waals surface area contributed by atoms with Crippen LogP contribution in [0.4, 0.5) is 0 Å². The van der Waals surface area contributed by atoms with Gasteiger partial charge < -0.3 is 0 Å². The fourth-order valence-corrected chi connectivity index (χ4v) is 2.66. The largest absolute Gasteiger partial charge is 0.265 e. The minimum absolute atomic E-state index is 0.557. The Bertz CT molecular complexity index is 1150. The summed E-state index contributed by atoms with van der Waals surface area (Å²) in [6.45, 7) is 0. The number of allylic oxidation sites excluding steroid dienone is 2. The fraction of sp³-hybridized carbons (Fsp3) is 0. The second-order valence-electron chi connectivity index (χ2n) is 5.96. The lowest BCUT2D eigenvalue weighted by Crippen LogP contribution is -1.84. The molecular formula is C25H15N3. The first kappa shape index (κ1) is 18.4. The van der Waals surface area contributed by atoms with Gasteiger partial charge in [-0.15, -0.1) is 6.42 Å². The van der Waals surface area contributed by atoms with Crippen LogP contribution >= 0.6 is 0 Å². The SMILES string of the molecule is C#Cc1ccc(/C(C#N)=C/c2ccc(/C=C(\C#N)c3ccncc3)cc2)cc1. The maximum Gasteiger partial charge on any atom is 0.0998 e. The van der Waals surface area contributed by atoms with Crippen LogP contribution < -0.4 is 0 Å². The van der Waals surface area contributed by atoms with Crippen molar-refractivity contribution in [2.24, 2.45) is 0 Å². The van der Waals surface area contributed by atoms with E-state index in [0.717, 1.165) is 27.8 Å². The molecule has 0 aliphatic heterocycles. The van der Waals surface area contributed by atoms with Crippen LogP contribution in [0.3, 0.4) is 0 Å². The quantitative estimate of drug-likeness (QED) is 0.367. The topological polar surface area (TPSA) is 60.5 Å². The number of benzene rings is 2. The molecule has 0 amide bonds. The third kappa shape index (κ3) is 4.41. The third-order valence-electron chi connectivity index (χ3n) is 4.15. The number of hydrogen-bond donors (Lipinski definition) is 0. The van der Waals surface area contributed by atoms with Crippen LogP contribution in [-0.4, -0.2) is 4.98 Å². The summed E-state index contributed by atoms with van der Waals surface area (Å²) in [6.07, 6.45) is 12.3. The molecule has 0 aliphatic rings. The van der Waals surface area contributed by atoms with E-state index < -0.39 is 0 Å². The van der Waals surface area contributed by atoms with Crippen LogP contribution in [-0.2, 0) is 0 Å². The van der Waals surface area contributed by atoms with Gasteiger partial charge in [0.05, 0.1) is 23.3 Å². The number of terminal acetylenes is 1. The molecule has 0 saturated heterocycles. The van der Waals surface area contributed by atoms with Crippen LogP contribution in [0.5, 0.6) is 0 Å². The van der Waals surface area contributed by atoms with E-state index in [4.69, 9.17) is 6.42 Å². The molecule has 0 fully saturated rings. The van der Waals surface area contributed by atoms with Gasteiger partial charge in [0.15, 0.2) is 0 Å². The number of aromatic nitrogens is 1. The average Bonchev–Trinajstić information content (AvgIpc) is 2.77. The first-order valence-electron chi connectivity index (χ1n) is 8.54. The van der Waals surface area contributed by atoms with Crippen molar-refractivity contribution in [2.75, 3.05) is 0 Å². The molecule has 1 aromatic heterocycles. The highest BCUT2D eigenvalue weighted by molar-refractivity contribution is 5.91. The first-order valence-corrected chi connectivity index (χ1v) is 8.54. The van der Waals surface area contributed by atoms with Gasteiger partial charge in [-0.25, -0.2) is 0 Å². The average molecular weight is 357 g/mol. The molecule has 0 N–H and O–H groups in total. The second kappa shape index (κ2) is 8.81. The Morgan fingerprint density at radius 2 is 1.18 bits per heavy atom. The zero-order chi connectivity index (χ0) is 19.8. The molecule has 0 atom stereocenters. The number of nitriles is 2. The Kier molecular flexibility index (Phi) is 5.79. The van der Waals surface area contributed by atoms with E-state index in [0.29, 0.717) is 11.1 Å². The van der Waals surface area contributed by atoms with Crippen molar-refractivity contribution in [1.82, 2.24) is 4.98 Å². The van der Waals surface area contributed by atoms with Crippen molar-refractivity contribution >= 4 is 23.3 Å². The molecule has 0 aliphatic carbocycles. The van der Waals surface area contributed by atoms with Gasteiger partial charge in [0.25, 0.3) is 0 Å². The molecule has 0 saturated carbocycles. The predicted octanol–water partition coefficient (Wildman–Crippen LogP) is 5.19. The molecule has 2 aromatic carbocycles. The molecule has 0 radical (unpaired) electrons. The van der Waals surface area contributed by atoms with Crippen molar-refractivity contribution in [3.8, 4) is 24.5 Å². The zero-order valence-corrected chi connectivity index (χ0v) is 15.0. The van der Waals surface area contributed by atoms with Crippen LogP contribution in [0.15, 0.2) is 73.1 Å². The lowest BCUT2D eigenvalue weighted by atomic mass is 10.0. The summed E-state index contributed by atoms with van der Waals surface area (Å²) in [5.41, 5.74) is 5.34. The van der Waals surface area contributed by atoms with Gasteiger partial charge in [0.1, 0.15) is 0 Å². The van der Waals surface area contributed by atoms with Crippen molar-refractivity contribution in [1.29, 1.82) is 10.5 Å². The molecule has 0 bridgehead atoms. The van der Waals surface area contributed by atoms with Gasteiger partial charge >= 0.3 is 0 Å². The second-order valence-corrected chi connectivity index (χ2v) is 5.96. The summed E-state index contributed by atoms with van der Waals surface area (Å²) in [5, 5.41) is 18.9. The van der Waals surface area contributed by atoms with Crippen LogP contribution in [0.1, 0.15) is 27.8 Å². The first-order chi connectivity index (χ1) is 13.7. The Labute approximate surface area is 164 Å². The Balaban J connectivity index is 1.86. The molecule has 3 heteroatoms. The maximum atomic E-state index is 9.49. The van der Waals surface area contributed by atoms with E-state index in [1.807, 2.05) is 60.7 Å². The zero-order valence-electron chi connectivity index (χ0n) is 15.0. The van der Waals surface area contributed by atoms with E-state index in [-0.39, 0.29) is 0 Å². The molecule has 28 heavy (non-hydrogen) atoms. The molecule has 3 nitrogen and oxygen atoms in total. The highest BCUT2D eigenvalue weighted by Crippen LogP contribution is 2.21. The summed E-state index contributed by atoms with van der Waals surface area (Å²) in [5.74, 6) is 2.56. The Morgan fingerprint density at radius 1 is 0.714 bits per heavy atom. The summed E-state index contributed by atoms with van der Waals surface area (Å²) in [7, 11) is 0. The van der Waals surface area contributed by atoms with Crippen LogP contribution in [0.2, 0.25) is 0 Å². The molecule has 3 rings (SSSR count). The van der Waals surface area contributed by atoms with E-state index in [9.17, 15) is 10.5 Å². The van der Waals surface area contributed by atoms with Crippen molar-refractivity contribution in [3.05, 3.63) is 101 Å². The predicted molar refractivity (Wildman–Crippen MR) is 112 cm³/mol. The van der Waals surface area contributed by atoms with Gasteiger partial charge in [0.2, 0.25) is 0 Å². The highest BCUT2D eigenvalue weighted by Gasteiger charge is 2.03. The van der Waals surface area contributed by atoms with Gasteiger partial charge in [-0.3, -0.25) is 4.98 Å². The maximum absolute atomic E-state index is 9.49. The van der Waals surface area contributed by atoms with E-state index in [1.165, 1.54) is 0 Å².